The van der Waals surface area contributed by atoms with E-state index in [1.807, 2.05) is 25.1 Å². The molecule has 8 heteroatoms. The summed E-state index contributed by atoms with van der Waals surface area (Å²) in [6.07, 6.45) is 1.01. The van der Waals surface area contributed by atoms with E-state index in [0.717, 1.165) is 19.5 Å². The zero-order valence-corrected chi connectivity index (χ0v) is 19.9. The SMILES string of the molecule is CCOc1ccc(S(=O)(=O)Nc2cccc(C(=O)NCC3CCN(c4ccccc4)C3)c2)cc1. The number of nitrogens with one attached hydrogen (secondary N) is 2. The molecule has 0 bridgehead atoms. The van der Waals surface area contributed by atoms with Crippen LogP contribution in [0, 0.1) is 5.92 Å². The Kier molecular flexibility index (Phi) is 7.37. The molecule has 1 heterocycles. The van der Waals surface area contributed by atoms with E-state index < -0.39 is 10.0 Å². The minimum absolute atomic E-state index is 0.120. The van der Waals surface area contributed by atoms with E-state index in [-0.39, 0.29) is 10.8 Å². The molecule has 1 fully saturated rings. The Morgan fingerprint density at radius 2 is 1.79 bits per heavy atom. The van der Waals surface area contributed by atoms with Gasteiger partial charge in [0.1, 0.15) is 5.75 Å². The van der Waals surface area contributed by atoms with E-state index in [2.05, 4.69) is 27.1 Å². The predicted octanol–water partition coefficient (Wildman–Crippen LogP) is 4.14. The summed E-state index contributed by atoms with van der Waals surface area (Å²) in [6, 6.07) is 23.0. The zero-order chi connectivity index (χ0) is 24.0. The van der Waals surface area contributed by atoms with Crippen LogP contribution in [0.3, 0.4) is 0 Å². The van der Waals surface area contributed by atoms with Crippen LogP contribution in [0.25, 0.3) is 0 Å². The third kappa shape index (κ3) is 5.88. The van der Waals surface area contributed by atoms with Crippen LogP contribution in [-0.2, 0) is 10.0 Å². The van der Waals surface area contributed by atoms with Gasteiger partial charge in [-0.05, 0) is 73.9 Å². The van der Waals surface area contributed by atoms with E-state index in [1.54, 1.807) is 36.4 Å². The number of ether oxygens (including phenoxy) is 1. The molecule has 1 aliphatic rings. The summed E-state index contributed by atoms with van der Waals surface area (Å²) in [7, 11) is -3.79. The topological polar surface area (TPSA) is 87.7 Å². The molecule has 4 rings (SSSR count). The van der Waals surface area contributed by atoms with Crippen molar-refractivity contribution in [2.75, 3.05) is 35.9 Å². The molecule has 1 amide bonds. The number of benzene rings is 3. The molecule has 1 atom stereocenters. The number of nitrogens with zero attached hydrogens (tertiary/aromatic N) is 1. The highest BCUT2D eigenvalue weighted by Crippen LogP contribution is 2.23. The monoisotopic (exact) mass is 479 g/mol. The van der Waals surface area contributed by atoms with Crippen molar-refractivity contribution in [3.05, 3.63) is 84.4 Å². The maximum absolute atomic E-state index is 12.7. The second-order valence-corrected chi connectivity index (χ2v) is 9.92. The fourth-order valence-electron chi connectivity index (χ4n) is 4.03. The van der Waals surface area contributed by atoms with Gasteiger partial charge in [-0.25, -0.2) is 8.42 Å². The average Bonchev–Trinajstić information content (AvgIpc) is 3.33. The maximum atomic E-state index is 12.7. The van der Waals surface area contributed by atoms with Gasteiger partial charge in [-0.1, -0.05) is 24.3 Å². The summed E-state index contributed by atoms with van der Waals surface area (Å²) in [5.74, 6) is 0.750. The fourth-order valence-corrected chi connectivity index (χ4v) is 5.08. The summed E-state index contributed by atoms with van der Waals surface area (Å²) in [5.41, 5.74) is 1.94. The molecule has 1 unspecified atom stereocenters. The van der Waals surface area contributed by atoms with Crippen molar-refractivity contribution in [3.8, 4) is 5.75 Å². The first kappa shape index (κ1) is 23.6. The molecule has 0 spiro atoms. The van der Waals surface area contributed by atoms with Crippen molar-refractivity contribution in [1.29, 1.82) is 0 Å². The van der Waals surface area contributed by atoms with E-state index in [9.17, 15) is 13.2 Å². The molecular weight excluding hydrogens is 450 g/mol. The Hall–Kier alpha value is -3.52. The summed E-state index contributed by atoms with van der Waals surface area (Å²) >= 11 is 0. The van der Waals surface area contributed by atoms with Crippen LogP contribution in [0.15, 0.2) is 83.8 Å². The van der Waals surface area contributed by atoms with Gasteiger partial charge in [0.2, 0.25) is 0 Å². The second kappa shape index (κ2) is 10.6. The van der Waals surface area contributed by atoms with Gasteiger partial charge in [0.05, 0.1) is 11.5 Å². The maximum Gasteiger partial charge on any atom is 0.261 e. The summed E-state index contributed by atoms with van der Waals surface area (Å²) in [5, 5.41) is 3.00. The number of anilines is 2. The van der Waals surface area contributed by atoms with Crippen molar-refractivity contribution in [1.82, 2.24) is 5.32 Å². The summed E-state index contributed by atoms with van der Waals surface area (Å²) < 4.78 is 33.4. The van der Waals surface area contributed by atoms with Crippen molar-refractivity contribution in [3.63, 3.8) is 0 Å². The van der Waals surface area contributed by atoms with Crippen LogP contribution in [0.1, 0.15) is 23.7 Å². The second-order valence-electron chi connectivity index (χ2n) is 8.24. The Morgan fingerprint density at radius 3 is 2.53 bits per heavy atom. The smallest absolute Gasteiger partial charge is 0.261 e. The van der Waals surface area contributed by atoms with Crippen LogP contribution >= 0.6 is 0 Å². The van der Waals surface area contributed by atoms with E-state index in [1.165, 1.54) is 17.8 Å². The van der Waals surface area contributed by atoms with E-state index in [0.29, 0.717) is 36.1 Å². The zero-order valence-electron chi connectivity index (χ0n) is 19.1. The standard InChI is InChI=1S/C26H29N3O4S/c1-2-33-24-11-13-25(14-12-24)34(31,32)28-22-8-6-7-21(17-22)26(30)27-18-20-15-16-29(19-20)23-9-4-3-5-10-23/h3-14,17,20,28H,2,15-16,18-19H2,1H3,(H,27,30). The highest BCUT2D eigenvalue weighted by atomic mass is 32.2. The molecule has 34 heavy (non-hydrogen) atoms. The van der Waals surface area contributed by atoms with Gasteiger partial charge in [0.15, 0.2) is 0 Å². The van der Waals surface area contributed by atoms with E-state index >= 15 is 0 Å². The highest BCUT2D eigenvalue weighted by Gasteiger charge is 2.23. The number of hydrogen-bond donors (Lipinski definition) is 2. The first-order valence-electron chi connectivity index (χ1n) is 11.4. The minimum Gasteiger partial charge on any atom is -0.494 e. The lowest BCUT2D eigenvalue weighted by molar-refractivity contribution is 0.0948. The fraction of sp³-hybridized carbons (Fsp3) is 0.269. The molecule has 2 N–H and O–H groups in total. The predicted molar refractivity (Wildman–Crippen MR) is 134 cm³/mol. The van der Waals surface area contributed by atoms with Gasteiger partial charge in [0, 0.05) is 36.6 Å². The molecule has 1 aliphatic heterocycles. The average molecular weight is 480 g/mol. The van der Waals surface area contributed by atoms with Gasteiger partial charge >= 0.3 is 0 Å². The Labute approximate surface area is 200 Å². The van der Waals surface area contributed by atoms with Crippen LogP contribution < -0.4 is 19.7 Å². The molecule has 0 saturated carbocycles. The number of para-hydroxylation sites is 1. The van der Waals surface area contributed by atoms with Gasteiger partial charge in [-0.3, -0.25) is 9.52 Å². The number of carbonyl (C=O) groups excluding carboxylic acids is 1. The van der Waals surface area contributed by atoms with Crippen molar-refractivity contribution in [2.45, 2.75) is 18.2 Å². The van der Waals surface area contributed by atoms with Gasteiger partial charge < -0.3 is 15.0 Å². The van der Waals surface area contributed by atoms with Crippen molar-refractivity contribution >= 4 is 27.3 Å². The van der Waals surface area contributed by atoms with Crippen molar-refractivity contribution in [2.24, 2.45) is 5.92 Å². The highest BCUT2D eigenvalue weighted by molar-refractivity contribution is 7.92. The molecule has 0 aliphatic carbocycles. The molecule has 0 aromatic heterocycles. The van der Waals surface area contributed by atoms with Gasteiger partial charge in [0.25, 0.3) is 15.9 Å². The minimum atomic E-state index is -3.79. The first-order chi connectivity index (χ1) is 16.4. The van der Waals surface area contributed by atoms with Crippen molar-refractivity contribution < 1.29 is 17.9 Å². The quantitative estimate of drug-likeness (QED) is 0.482. The summed E-state index contributed by atoms with van der Waals surface area (Å²) in [4.78, 5) is 15.2. The molecule has 1 saturated heterocycles. The number of hydrogen-bond acceptors (Lipinski definition) is 5. The lowest BCUT2D eigenvalue weighted by Crippen LogP contribution is -2.31. The van der Waals surface area contributed by atoms with Gasteiger partial charge in [-0.15, -0.1) is 0 Å². The van der Waals surface area contributed by atoms with Crippen LogP contribution in [0.4, 0.5) is 11.4 Å². The van der Waals surface area contributed by atoms with E-state index in [4.69, 9.17) is 4.74 Å². The van der Waals surface area contributed by atoms with Crippen LogP contribution in [0.2, 0.25) is 0 Å². The van der Waals surface area contributed by atoms with Crippen LogP contribution in [0.5, 0.6) is 5.75 Å². The summed E-state index contributed by atoms with van der Waals surface area (Å²) in [6.45, 7) is 4.80. The first-order valence-corrected chi connectivity index (χ1v) is 12.9. The molecule has 178 valence electrons. The molecule has 3 aromatic rings. The number of amides is 1. The molecule has 7 nitrogen and oxygen atoms in total. The number of sulfonamides is 1. The number of carbonyl (C=O) groups is 1. The van der Waals surface area contributed by atoms with Crippen LogP contribution in [-0.4, -0.2) is 40.6 Å². The Bertz CT molecular complexity index is 1210. The Balaban J connectivity index is 1.34. The third-order valence-corrected chi connectivity index (χ3v) is 7.18. The number of rotatable bonds is 9. The van der Waals surface area contributed by atoms with Gasteiger partial charge in [-0.2, -0.15) is 0 Å². The third-order valence-electron chi connectivity index (χ3n) is 5.78. The molecule has 3 aromatic carbocycles. The lowest BCUT2D eigenvalue weighted by Gasteiger charge is -2.18. The lowest BCUT2D eigenvalue weighted by atomic mass is 10.1. The largest absolute Gasteiger partial charge is 0.494 e. The molecular formula is C26H29N3O4S. The Morgan fingerprint density at radius 1 is 1.03 bits per heavy atom. The normalized spacial score (nSPS) is 15.7. The molecule has 0 radical (unpaired) electrons.